The molecule has 3 N–H and O–H groups in total. The van der Waals surface area contributed by atoms with E-state index in [9.17, 15) is 19.5 Å². The maximum atomic E-state index is 14.1. The first-order valence-corrected chi connectivity index (χ1v) is 12.5. The van der Waals surface area contributed by atoms with Gasteiger partial charge in [-0.25, -0.2) is 0 Å². The standard InChI is InChI=1S/C25H43N3O5/c1-9-11-26-20(30)17-18-22(32)28(16(13-29)14(3)10-2)19(21(31)27-23(5,6)7)25(18)12-15(4)24(17,8)33-25/h14-19,29H,9-13H2,1-8H3,(H,26,30)(H,27,31)/t14-,15?,16-,17-,18-,19?,24+,25?/m0/s1. The Hall–Kier alpha value is -1.67. The molecule has 188 valence electrons. The van der Waals surface area contributed by atoms with E-state index in [1.165, 1.54) is 0 Å². The van der Waals surface area contributed by atoms with Crippen molar-refractivity contribution in [3.63, 3.8) is 0 Å². The van der Waals surface area contributed by atoms with Crippen LogP contribution in [-0.4, -0.2) is 69.7 Å². The van der Waals surface area contributed by atoms with Crippen LogP contribution in [0.3, 0.4) is 0 Å². The van der Waals surface area contributed by atoms with Gasteiger partial charge in [0.05, 0.1) is 30.1 Å². The number of carbonyl (C=O) groups is 3. The monoisotopic (exact) mass is 465 g/mol. The van der Waals surface area contributed by atoms with E-state index in [0.29, 0.717) is 13.0 Å². The average molecular weight is 466 g/mol. The zero-order chi connectivity index (χ0) is 24.9. The van der Waals surface area contributed by atoms with Gasteiger partial charge in [0.2, 0.25) is 17.7 Å². The number of aliphatic hydroxyl groups excluding tert-OH is 1. The van der Waals surface area contributed by atoms with Crippen LogP contribution in [0.15, 0.2) is 0 Å². The summed E-state index contributed by atoms with van der Waals surface area (Å²) in [4.78, 5) is 42.8. The predicted octanol–water partition coefficient (Wildman–Crippen LogP) is 1.85. The average Bonchev–Trinajstić information content (AvgIpc) is 3.22. The number of nitrogens with one attached hydrogen (secondary N) is 2. The highest BCUT2D eigenvalue weighted by Crippen LogP contribution is 2.65. The fourth-order valence-electron chi connectivity index (χ4n) is 6.34. The fourth-order valence-corrected chi connectivity index (χ4v) is 6.34. The Balaban J connectivity index is 2.14. The second-order valence-corrected chi connectivity index (χ2v) is 11.6. The molecular weight excluding hydrogens is 422 g/mol. The highest BCUT2D eigenvalue weighted by Gasteiger charge is 2.80. The van der Waals surface area contributed by atoms with E-state index in [2.05, 4.69) is 10.6 Å². The normalized spacial score (nSPS) is 37.1. The van der Waals surface area contributed by atoms with E-state index < -0.39 is 40.7 Å². The quantitative estimate of drug-likeness (QED) is 0.507. The maximum absolute atomic E-state index is 14.1. The zero-order valence-corrected chi connectivity index (χ0v) is 21.5. The smallest absolute Gasteiger partial charge is 0.246 e. The molecule has 33 heavy (non-hydrogen) atoms. The molecular formula is C25H43N3O5. The summed E-state index contributed by atoms with van der Waals surface area (Å²) in [6, 6.07) is -1.42. The lowest BCUT2D eigenvalue weighted by molar-refractivity contribution is -0.152. The Labute approximate surface area is 198 Å². The van der Waals surface area contributed by atoms with Crippen molar-refractivity contribution in [3.05, 3.63) is 0 Å². The van der Waals surface area contributed by atoms with Crippen molar-refractivity contribution in [3.8, 4) is 0 Å². The summed E-state index contributed by atoms with van der Waals surface area (Å²) in [5.41, 5.74) is -2.42. The first-order chi connectivity index (χ1) is 15.3. The number of hydrogen-bond acceptors (Lipinski definition) is 5. The predicted molar refractivity (Wildman–Crippen MR) is 125 cm³/mol. The summed E-state index contributed by atoms with van der Waals surface area (Å²) in [5, 5.41) is 16.3. The zero-order valence-electron chi connectivity index (χ0n) is 21.5. The van der Waals surface area contributed by atoms with Gasteiger partial charge in [-0.2, -0.15) is 0 Å². The van der Waals surface area contributed by atoms with Crippen LogP contribution in [0.1, 0.15) is 74.7 Å². The summed E-state index contributed by atoms with van der Waals surface area (Å²) in [6.07, 6.45) is 2.06. The first-order valence-electron chi connectivity index (χ1n) is 12.5. The second-order valence-electron chi connectivity index (χ2n) is 11.6. The van der Waals surface area contributed by atoms with Crippen LogP contribution in [0.4, 0.5) is 0 Å². The van der Waals surface area contributed by atoms with E-state index in [4.69, 9.17) is 4.74 Å². The van der Waals surface area contributed by atoms with Crippen LogP contribution in [0.25, 0.3) is 0 Å². The third-order valence-corrected chi connectivity index (χ3v) is 8.18. The molecule has 3 aliphatic rings. The largest absolute Gasteiger partial charge is 0.394 e. The van der Waals surface area contributed by atoms with Gasteiger partial charge >= 0.3 is 0 Å². The van der Waals surface area contributed by atoms with Crippen LogP contribution in [0, 0.1) is 23.7 Å². The van der Waals surface area contributed by atoms with Crippen molar-refractivity contribution >= 4 is 17.7 Å². The third-order valence-electron chi connectivity index (χ3n) is 8.18. The summed E-state index contributed by atoms with van der Waals surface area (Å²) < 4.78 is 6.69. The molecule has 0 aromatic carbocycles. The summed E-state index contributed by atoms with van der Waals surface area (Å²) in [6.45, 7) is 15.9. The van der Waals surface area contributed by atoms with Crippen molar-refractivity contribution < 1.29 is 24.2 Å². The van der Waals surface area contributed by atoms with Gasteiger partial charge in [-0.1, -0.05) is 34.1 Å². The summed E-state index contributed by atoms with van der Waals surface area (Å²) in [5.74, 6) is -2.17. The number of fused-ring (bicyclic) bond motifs is 1. The van der Waals surface area contributed by atoms with Gasteiger partial charge in [0.1, 0.15) is 11.6 Å². The van der Waals surface area contributed by atoms with Crippen LogP contribution in [0.5, 0.6) is 0 Å². The van der Waals surface area contributed by atoms with Crippen molar-refractivity contribution in [2.24, 2.45) is 23.7 Å². The minimum Gasteiger partial charge on any atom is -0.394 e. The second kappa shape index (κ2) is 8.84. The molecule has 3 amide bonds. The number of hydrogen-bond donors (Lipinski definition) is 3. The molecule has 0 aromatic rings. The first kappa shape index (κ1) is 25.9. The van der Waals surface area contributed by atoms with Gasteiger partial charge in [-0.15, -0.1) is 0 Å². The van der Waals surface area contributed by atoms with Crippen LogP contribution in [0.2, 0.25) is 0 Å². The molecule has 0 aliphatic carbocycles. The van der Waals surface area contributed by atoms with E-state index in [1.807, 2.05) is 55.4 Å². The summed E-state index contributed by atoms with van der Waals surface area (Å²) in [7, 11) is 0. The molecule has 8 heteroatoms. The van der Waals surface area contributed by atoms with Crippen LogP contribution in [-0.2, 0) is 19.1 Å². The van der Waals surface area contributed by atoms with E-state index in [1.54, 1.807) is 4.90 Å². The lowest BCUT2D eigenvalue weighted by atomic mass is 9.62. The SMILES string of the molecule is CCCNC(=O)[C@@H]1[C@H]2C(=O)N([C@@H](CO)[C@@H](C)CC)C(C(=O)NC(C)(C)C)C23CC(C)[C@@]1(C)O3. The van der Waals surface area contributed by atoms with Crippen molar-refractivity contribution in [1.82, 2.24) is 15.5 Å². The highest BCUT2D eigenvalue weighted by molar-refractivity contribution is 5.99. The van der Waals surface area contributed by atoms with Gasteiger partial charge in [-0.05, 0) is 52.4 Å². The van der Waals surface area contributed by atoms with Crippen molar-refractivity contribution in [2.75, 3.05) is 13.2 Å². The minimum absolute atomic E-state index is 0.0000107. The molecule has 3 unspecified atom stereocenters. The summed E-state index contributed by atoms with van der Waals surface area (Å²) >= 11 is 0. The third kappa shape index (κ3) is 3.97. The Morgan fingerprint density at radius 1 is 1.27 bits per heavy atom. The van der Waals surface area contributed by atoms with Gasteiger partial charge in [0, 0.05) is 12.1 Å². The molecule has 8 nitrogen and oxygen atoms in total. The molecule has 0 radical (unpaired) electrons. The van der Waals surface area contributed by atoms with Crippen molar-refractivity contribution in [2.45, 2.75) is 103 Å². The van der Waals surface area contributed by atoms with E-state index in [-0.39, 0.29) is 36.2 Å². The van der Waals surface area contributed by atoms with Gasteiger partial charge in [0.25, 0.3) is 0 Å². The molecule has 0 aromatic heterocycles. The maximum Gasteiger partial charge on any atom is 0.246 e. The molecule has 0 saturated carbocycles. The van der Waals surface area contributed by atoms with Crippen LogP contribution >= 0.6 is 0 Å². The highest BCUT2D eigenvalue weighted by atomic mass is 16.5. The molecule has 3 aliphatic heterocycles. The molecule has 3 saturated heterocycles. The number of rotatable bonds is 8. The number of ether oxygens (including phenoxy) is 1. The Bertz CT molecular complexity index is 795. The fraction of sp³-hybridized carbons (Fsp3) is 0.880. The van der Waals surface area contributed by atoms with Gasteiger partial charge in [0.15, 0.2) is 0 Å². The number of nitrogens with zero attached hydrogens (tertiary/aromatic N) is 1. The van der Waals surface area contributed by atoms with Crippen LogP contribution < -0.4 is 10.6 Å². The lowest BCUT2D eigenvalue weighted by Gasteiger charge is -2.40. The van der Waals surface area contributed by atoms with E-state index in [0.717, 1.165) is 12.8 Å². The number of amides is 3. The molecule has 3 rings (SSSR count). The molecule has 3 heterocycles. The minimum atomic E-state index is -1.09. The topological polar surface area (TPSA) is 108 Å². The molecule has 2 bridgehead atoms. The number of aliphatic hydroxyl groups is 1. The van der Waals surface area contributed by atoms with Gasteiger partial charge < -0.3 is 25.4 Å². The molecule has 3 fully saturated rings. The lowest BCUT2D eigenvalue weighted by Crippen LogP contribution is -2.61. The number of likely N-dealkylation sites (tertiary alicyclic amines) is 1. The molecule has 1 spiro atoms. The van der Waals surface area contributed by atoms with Gasteiger partial charge in [-0.3, -0.25) is 14.4 Å². The Morgan fingerprint density at radius 3 is 2.42 bits per heavy atom. The number of carbonyl (C=O) groups excluding carboxylic acids is 3. The Morgan fingerprint density at radius 2 is 1.91 bits per heavy atom. The Kier molecular flexibility index (Phi) is 6.95. The van der Waals surface area contributed by atoms with Crippen molar-refractivity contribution in [1.29, 1.82) is 0 Å². The van der Waals surface area contributed by atoms with E-state index >= 15 is 0 Å². The molecule has 8 atom stereocenters.